The first kappa shape index (κ1) is 15.7. The van der Waals surface area contributed by atoms with Crippen molar-refractivity contribution in [2.24, 2.45) is 5.41 Å². The normalized spacial score (nSPS) is 20.8. The number of anilines is 1. The Balaban J connectivity index is 1.96. The van der Waals surface area contributed by atoms with Gasteiger partial charge in [0.1, 0.15) is 11.5 Å². The summed E-state index contributed by atoms with van der Waals surface area (Å²) in [6, 6.07) is 0.221. The van der Waals surface area contributed by atoms with Gasteiger partial charge in [0, 0.05) is 12.6 Å². The van der Waals surface area contributed by atoms with E-state index in [1.54, 1.807) is 12.4 Å². The molecule has 5 nitrogen and oxygen atoms in total. The van der Waals surface area contributed by atoms with Crippen molar-refractivity contribution in [3.63, 3.8) is 0 Å². The van der Waals surface area contributed by atoms with Gasteiger partial charge < -0.3 is 10.6 Å². The van der Waals surface area contributed by atoms with Gasteiger partial charge in [-0.25, -0.2) is 9.97 Å². The Kier molecular flexibility index (Phi) is 5.15. The Morgan fingerprint density at radius 2 is 2.14 bits per heavy atom. The van der Waals surface area contributed by atoms with Crippen LogP contribution in [0.25, 0.3) is 0 Å². The molecule has 1 unspecified atom stereocenters. The fourth-order valence-electron chi connectivity index (χ4n) is 2.78. The second kappa shape index (κ2) is 6.87. The van der Waals surface area contributed by atoms with Gasteiger partial charge in [0.15, 0.2) is 0 Å². The monoisotopic (exact) mass is 290 g/mol. The molecule has 1 heterocycles. The maximum absolute atomic E-state index is 12.3. The second-order valence-electron chi connectivity index (χ2n) is 6.47. The van der Waals surface area contributed by atoms with Crippen LogP contribution in [0.15, 0.2) is 12.4 Å². The van der Waals surface area contributed by atoms with E-state index in [-0.39, 0.29) is 17.4 Å². The summed E-state index contributed by atoms with van der Waals surface area (Å²) in [5.74, 6) is 0.593. The standard InChI is InChI=1S/C16H26N4O/c1-4-9-17-14-11-18-12(10-19-14)15(21)20-13-7-5-6-8-16(13,2)3/h10-11,13H,4-9H2,1-3H3,(H,17,19)(H,20,21). The van der Waals surface area contributed by atoms with Gasteiger partial charge in [-0.15, -0.1) is 0 Å². The van der Waals surface area contributed by atoms with Crippen molar-refractivity contribution in [1.29, 1.82) is 0 Å². The molecule has 1 aromatic heterocycles. The molecule has 0 aliphatic heterocycles. The Morgan fingerprint density at radius 3 is 2.76 bits per heavy atom. The average Bonchev–Trinajstić information content (AvgIpc) is 2.47. The van der Waals surface area contributed by atoms with Crippen molar-refractivity contribution in [3.8, 4) is 0 Å². The maximum atomic E-state index is 12.3. The predicted molar refractivity (Wildman–Crippen MR) is 84.3 cm³/mol. The minimum absolute atomic E-state index is 0.121. The number of nitrogens with one attached hydrogen (secondary N) is 2. The Bertz CT molecular complexity index is 470. The van der Waals surface area contributed by atoms with Crippen LogP contribution in [0, 0.1) is 5.41 Å². The minimum atomic E-state index is -0.121. The van der Waals surface area contributed by atoms with E-state index in [1.807, 2.05) is 0 Å². The van der Waals surface area contributed by atoms with E-state index in [9.17, 15) is 4.79 Å². The molecule has 1 aromatic rings. The van der Waals surface area contributed by atoms with E-state index in [0.717, 1.165) is 25.8 Å². The Labute approximate surface area is 127 Å². The fourth-order valence-corrected chi connectivity index (χ4v) is 2.78. The molecule has 0 bridgehead atoms. The largest absolute Gasteiger partial charge is 0.369 e. The van der Waals surface area contributed by atoms with Crippen LogP contribution in [0.5, 0.6) is 0 Å². The molecule has 1 atom stereocenters. The topological polar surface area (TPSA) is 66.9 Å². The van der Waals surface area contributed by atoms with Crippen molar-refractivity contribution in [3.05, 3.63) is 18.1 Å². The third-order valence-electron chi connectivity index (χ3n) is 4.25. The SMILES string of the molecule is CCCNc1cnc(C(=O)NC2CCCCC2(C)C)cn1. The molecule has 2 rings (SSSR count). The van der Waals surface area contributed by atoms with Crippen molar-refractivity contribution in [2.45, 2.75) is 58.9 Å². The van der Waals surface area contributed by atoms with Gasteiger partial charge in [0.05, 0.1) is 12.4 Å². The minimum Gasteiger partial charge on any atom is -0.369 e. The molecule has 21 heavy (non-hydrogen) atoms. The molecule has 0 saturated heterocycles. The second-order valence-corrected chi connectivity index (χ2v) is 6.47. The highest BCUT2D eigenvalue weighted by molar-refractivity contribution is 5.92. The van der Waals surface area contributed by atoms with Gasteiger partial charge in [-0.05, 0) is 24.7 Å². The van der Waals surface area contributed by atoms with Crippen LogP contribution in [0.4, 0.5) is 5.82 Å². The van der Waals surface area contributed by atoms with E-state index < -0.39 is 0 Å². The van der Waals surface area contributed by atoms with Gasteiger partial charge in [0.2, 0.25) is 0 Å². The first-order chi connectivity index (χ1) is 10.0. The van der Waals surface area contributed by atoms with E-state index in [2.05, 4.69) is 41.4 Å². The summed E-state index contributed by atoms with van der Waals surface area (Å²) in [4.78, 5) is 20.7. The van der Waals surface area contributed by atoms with Crippen molar-refractivity contribution >= 4 is 11.7 Å². The molecule has 2 N–H and O–H groups in total. The number of aromatic nitrogens is 2. The molecular weight excluding hydrogens is 264 g/mol. The first-order valence-electron chi connectivity index (χ1n) is 7.89. The molecule has 1 aliphatic carbocycles. The van der Waals surface area contributed by atoms with Crippen molar-refractivity contribution in [1.82, 2.24) is 15.3 Å². The quantitative estimate of drug-likeness (QED) is 0.875. The van der Waals surface area contributed by atoms with Gasteiger partial charge in [-0.3, -0.25) is 4.79 Å². The zero-order valence-corrected chi connectivity index (χ0v) is 13.3. The summed E-state index contributed by atoms with van der Waals surface area (Å²) < 4.78 is 0. The zero-order chi connectivity index (χ0) is 15.3. The van der Waals surface area contributed by atoms with E-state index >= 15 is 0 Å². The molecule has 0 spiro atoms. The first-order valence-corrected chi connectivity index (χ1v) is 7.89. The number of nitrogens with zero attached hydrogens (tertiary/aromatic N) is 2. The number of hydrogen-bond acceptors (Lipinski definition) is 4. The highest BCUT2D eigenvalue weighted by atomic mass is 16.2. The maximum Gasteiger partial charge on any atom is 0.271 e. The summed E-state index contributed by atoms with van der Waals surface area (Å²) in [5, 5.41) is 6.28. The molecule has 5 heteroatoms. The predicted octanol–water partition coefficient (Wildman–Crippen LogP) is 3.00. The number of hydrogen-bond donors (Lipinski definition) is 2. The van der Waals surface area contributed by atoms with Gasteiger partial charge >= 0.3 is 0 Å². The lowest BCUT2D eigenvalue weighted by atomic mass is 9.73. The molecule has 0 aromatic carbocycles. The number of rotatable bonds is 5. The molecule has 1 saturated carbocycles. The Hall–Kier alpha value is -1.65. The number of carbonyl (C=O) groups is 1. The summed E-state index contributed by atoms with van der Waals surface area (Å²) in [7, 11) is 0. The molecule has 116 valence electrons. The number of carbonyl (C=O) groups excluding carboxylic acids is 1. The van der Waals surface area contributed by atoms with Crippen LogP contribution in [0.3, 0.4) is 0 Å². The summed E-state index contributed by atoms with van der Waals surface area (Å²) in [5.41, 5.74) is 0.544. The third-order valence-corrected chi connectivity index (χ3v) is 4.25. The van der Waals surface area contributed by atoms with Crippen LogP contribution in [0.1, 0.15) is 63.4 Å². The molecule has 0 radical (unpaired) electrons. The van der Waals surface area contributed by atoms with Gasteiger partial charge in [0.25, 0.3) is 5.91 Å². The smallest absolute Gasteiger partial charge is 0.271 e. The summed E-state index contributed by atoms with van der Waals surface area (Å²) in [6.07, 6.45) is 8.82. The molecular formula is C16H26N4O. The lowest BCUT2D eigenvalue weighted by Crippen LogP contribution is -2.47. The lowest BCUT2D eigenvalue weighted by Gasteiger charge is -2.38. The summed E-state index contributed by atoms with van der Waals surface area (Å²) >= 11 is 0. The lowest BCUT2D eigenvalue weighted by molar-refractivity contribution is 0.0848. The van der Waals surface area contributed by atoms with Crippen molar-refractivity contribution in [2.75, 3.05) is 11.9 Å². The molecule has 1 aliphatic rings. The van der Waals surface area contributed by atoms with Gasteiger partial charge in [-0.1, -0.05) is 33.6 Å². The highest BCUT2D eigenvalue weighted by Crippen LogP contribution is 2.35. The highest BCUT2D eigenvalue weighted by Gasteiger charge is 2.33. The van der Waals surface area contributed by atoms with Crippen molar-refractivity contribution < 1.29 is 4.79 Å². The van der Waals surface area contributed by atoms with Crippen LogP contribution in [-0.4, -0.2) is 28.5 Å². The van der Waals surface area contributed by atoms with Crippen LogP contribution in [0.2, 0.25) is 0 Å². The van der Waals surface area contributed by atoms with Crippen LogP contribution < -0.4 is 10.6 Å². The Morgan fingerprint density at radius 1 is 1.33 bits per heavy atom. The van der Waals surface area contributed by atoms with E-state index in [1.165, 1.54) is 12.8 Å². The molecule has 1 fully saturated rings. The fraction of sp³-hybridized carbons (Fsp3) is 0.688. The zero-order valence-electron chi connectivity index (χ0n) is 13.3. The number of amides is 1. The average molecular weight is 290 g/mol. The van der Waals surface area contributed by atoms with Crippen LogP contribution >= 0.6 is 0 Å². The third kappa shape index (κ3) is 4.16. The summed E-state index contributed by atoms with van der Waals surface area (Å²) in [6.45, 7) is 7.39. The van der Waals surface area contributed by atoms with E-state index in [0.29, 0.717) is 11.5 Å². The van der Waals surface area contributed by atoms with Crippen LogP contribution in [-0.2, 0) is 0 Å². The molecule has 1 amide bonds. The van der Waals surface area contributed by atoms with E-state index in [4.69, 9.17) is 0 Å². The van der Waals surface area contributed by atoms with Gasteiger partial charge in [-0.2, -0.15) is 0 Å².